The summed E-state index contributed by atoms with van der Waals surface area (Å²) in [5.41, 5.74) is 1.51. The molecule has 98 valence electrons. The summed E-state index contributed by atoms with van der Waals surface area (Å²) in [6.07, 6.45) is 1.81. The van der Waals surface area contributed by atoms with Crippen LogP contribution in [0.15, 0.2) is 22.7 Å². The number of carbonyl (C=O) groups is 1. The van der Waals surface area contributed by atoms with Gasteiger partial charge in [0.05, 0.1) is 14.2 Å². The van der Waals surface area contributed by atoms with Crippen LogP contribution in [0.5, 0.6) is 11.5 Å². The van der Waals surface area contributed by atoms with Gasteiger partial charge in [-0.15, -0.1) is 0 Å². The molecule has 0 aliphatic rings. The molecular formula is C13H15BrO4. The fourth-order valence-electron chi connectivity index (χ4n) is 1.62. The molecule has 0 aliphatic heterocycles. The van der Waals surface area contributed by atoms with Crippen molar-refractivity contribution in [3.63, 3.8) is 0 Å². The van der Waals surface area contributed by atoms with Gasteiger partial charge in [-0.3, -0.25) is 0 Å². The van der Waals surface area contributed by atoms with E-state index in [-0.39, 0.29) is 0 Å². The lowest BCUT2D eigenvalue weighted by Crippen LogP contribution is -1.96. The van der Waals surface area contributed by atoms with Crippen LogP contribution in [0.4, 0.5) is 0 Å². The number of ether oxygens (including phenoxy) is 2. The lowest BCUT2D eigenvalue weighted by Gasteiger charge is -2.13. The minimum atomic E-state index is -0.964. The second kappa shape index (κ2) is 6.44. The molecule has 0 unspecified atom stereocenters. The number of rotatable bonds is 5. The van der Waals surface area contributed by atoms with Crippen LogP contribution in [0.3, 0.4) is 0 Å². The van der Waals surface area contributed by atoms with E-state index < -0.39 is 5.97 Å². The third-order valence-corrected chi connectivity index (χ3v) is 3.15. The lowest BCUT2D eigenvalue weighted by atomic mass is 10.0. The molecule has 0 saturated carbocycles. The van der Waals surface area contributed by atoms with Gasteiger partial charge in [0.1, 0.15) is 0 Å². The number of methoxy groups -OCH3 is 2. The zero-order valence-corrected chi connectivity index (χ0v) is 12.1. The Morgan fingerprint density at radius 2 is 1.89 bits per heavy atom. The maximum atomic E-state index is 10.8. The second-order valence-corrected chi connectivity index (χ2v) is 4.40. The molecule has 1 rings (SSSR count). The number of carboxylic acids is 1. The van der Waals surface area contributed by atoms with Crippen molar-refractivity contribution < 1.29 is 19.4 Å². The van der Waals surface area contributed by atoms with Gasteiger partial charge in [0.2, 0.25) is 0 Å². The van der Waals surface area contributed by atoms with Crippen molar-refractivity contribution in [1.82, 2.24) is 0 Å². The van der Waals surface area contributed by atoms with Crippen molar-refractivity contribution in [2.45, 2.75) is 13.3 Å². The zero-order valence-electron chi connectivity index (χ0n) is 10.5. The number of aliphatic carboxylic acids is 1. The molecule has 0 aromatic heterocycles. The molecule has 0 fully saturated rings. The van der Waals surface area contributed by atoms with E-state index in [0.29, 0.717) is 17.9 Å². The highest BCUT2D eigenvalue weighted by atomic mass is 79.9. The summed E-state index contributed by atoms with van der Waals surface area (Å²) >= 11 is 3.41. The third kappa shape index (κ3) is 3.26. The average molecular weight is 315 g/mol. The van der Waals surface area contributed by atoms with Crippen LogP contribution < -0.4 is 9.47 Å². The normalized spacial score (nSPS) is 11.2. The Hall–Kier alpha value is -1.49. The molecular weight excluding hydrogens is 300 g/mol. The van der Waals surface area contributed by atoms with Crippen molar-refractivity contribution in [2.24, 2.45) is 0 Å². The minimum Gasteiger partial charge on any atom is -0.493 e. The van der Waals surface area contributed by atoms with Crippen molar-refractivity contribution >= 4 is 27.5 Å². The monoisotopic (exact) mass is 314 g/mol. The molecule has 4 nitrogen and oxygen atoms in total. The molecule has 0 saturated heterocycles. The Kier molecular flexibility index (Phi) is 5.22. The number of carboxylic acid groups (broad SMARTS) is 1. The summed E-state index contributed by atoms with van der Waals surface area (Å²) < 4.78 is 11.2. The quantitative estimate of drug-likeness (QED) is 0.847. The Labute approximate surface area is 114 Å². The number of hydrogen-bond donors (Lipinski definition) is 1. The molecule has 1 N–H and O–H groups in total. The van der Waals surface area contributed by atoms with E-state index in [1.807, 2.05) is 6.92 Å². The first-order chi connectivity index (χ1) is 8.53. The number of halogens is 1. The van der Waals surface area contributed by atoms with Crippen LogP contribution in [-0.2, 0) is 4.79 Å². The van der Waals surface area contributed by atoms with E-state index in [1.54, 1.807) is 26.4 Å². The van der Waals surface area contributed by atoms with E-state index in [4.69, 9.17) is 14.6 Å². The van der Waals surface area contributed by atoms with E-state index in [2.05, 4.69) is 15.9 Å². The summed E-state index contributed by atoms with van der Waals surface area (Å²) in [5, 5.41) is 8.85. The highest BCUT2D eigenvalue weighted by Gasteiger charge is 2.12. The average Bonchev–Trinajstić information content (AvgIpc) is 2.35. The summed E-state index contributed by atoms with van der Waals surface area (Å²) in [4.78, 5) is 10.8. The molecule has 18 heavy (non-hydrogen) atoms. The lowest BCUT2D eigenvalue weighted by molar-refractivity contribution is -0.131. The minimum absolute atomic E-state index is 0.570. The summed E-state index contributed by atoms with van der Waals surface area (Å²) in [7, 11) is 3.10. The first-order valence-corrected chi connectivity index (χ1v) is 6.18. The van der Waals surface area contributed by atoms with Gasteiger partial charge in [-0.25, -0.2) is 4.79 Å². The van der Waals surface area contributed by atoms with Crippen LogP contribution in [0.1, 0.15) is 18.9 Å². The van der Waals surface area contributed by atoms with Gasteiger partial charge in [0.15, 0.2) is 11.5 Å². The van der Waals surface area contributed by atoms with Crippen molar-refractivity contribution in [3.05, 3.63) is 28.2 Å². The third-order valence-electron chi connectivity index (χ3n) is 2.50. The van der Waals surface area contributed by atoms with Gasteiger partial charge in [-0.1, -0.05) is 22.9 Å². The van der Waals surface area contributed by atoms with Gasteiger partial charge in [-0.05, 0) is 29.7 Å². The van der Waals surface area contributed by atoms with Gasteiger partial charge in [0, 0.05) is 10.5 Å². The van der Waals surface area contributed by atoms with Gasteiger partial charge < -0.3 is 14.6 Å². The summed E-state index contributed by atoms with van der Waals surface area (Å²) in [6, 6.07) is 3.53. The number of benzene rings is 1. The predicted octanol–water partition coefficient (Wildman–Crippen LogP) is 3.34. The maximum absolute atomic E-state index is 10.8. The fourth-order valence-corrected chi connectivity index (χ4v) is 2.20. The molecule has 1 aromatic rings. The maximum Gasteiger partial charge on any atom is 0.328 e. The van der Waals surface area contributed by atoms with Gasteiger partial charge in [0.25, 0.3) is 0 Å². The molecule has 5 heteroatoms. The number of allylic oxidation sites excluding steroid dienone is 1. The van der Waals surface area contributed by atoms with Crippen LogP contribution in [0.2, 0.25) is 0 Å². The van der Waals surface area contributed by atoms with Crippen molar-refractivity contribution in [2.75, 3.05) is 14.2 Å². The number of hydrogen-bond acceptors (Lipinski definition) is 3. The summed E-state index contributed by atoms with van der Waals surface area (Å²) in [6.45, 7) is 1.90. The second-order valence-electron chi connectivity index (χ2n) is 3.55. The first-order valence-electron chi connectivity index (χ1n) is 5.38. The molecule has 0 aliphatic carbocycles. The van der Waals surface area contributed by atoms with E-state index in [0.717, 1.165) is 15.6 Å². The molecule has 0 radical (unpaired) electrons. The Morgan fingerprint density at radius 1 is 1.33 bits per heavy atom. The van der Waals surface area contributed by atoms with Gasteiger partial charge in [-0.2, -0.15) is 0 Å². The van der Waals surface area contributed by atoms with E-state index in [9.17, 15) is 4.79 Å². The smallest absolute Gasteiger partial charge is 0.328 e. The van der Waals surface area contributed by atoms with Crippen molar-refractivity contribution in [3.8, 4) is 11.5 Å². The Bertz CT molecular complexity index is 480. The van der Waals surface area contributed by atoms with E-state index in [1.165, 1.54) is 6.08 Å². The van der Waals surface area contributed by atoms with E-state index >= 15 is 0 Å². The zero-order chi connectivity index (χ0) is 13.7. The molecule has 0 spiro atoms. The molecule has 0 bridgehead atoms. The fraction of sp³-hybridized carbons (Fsp3) is 0.308. The van der Waals surface area contributed by atoms with Crippen LogP contribution in [-0.4, -0.2) is 25.3 Å². The molecule has 0 amide bonds. The largest absolute Gasteiger partial charge is 0.493 e. The standard InChI is InChI=1S/C13H15BrO4/c1-4-8(5-13(15)16)9-6-11(17-2)12(18-3)7-10(9)14/h5-7H,4H2,1-3H3,(H,15,16)/b8-5+. The van der Waals surface area contributed by atoms with Crippen LogP contribution in [0.25, 0.3) is 5.57 Å². The van der Waals surface area contributed by atoms with Crippen molar-refractivity contribution in [1.29, 1.82) is 0 Å². The predicted molar refractivity (Wildman–Crippen MR) is 73.1 cm³/mol. The Morgan fingerprint density at radius 3 is 2.33 bits per heavy atom. The highest BCUT2D eigenvalue weighted by molar-refractivity contribution is 9.10. The molecule has 1 aromatic carbocycles. The van der Waals surface area contributed by atoms with Crippen LogP contribution in [0, 0.1) is 0 Å². The van der Waals surface area contributed by atoms with Crippen LogP contribution >= 0.6 is 15.9 Å². The highest BCUT2D eigenvalue weighted by Crippen LogP contribution is 2.37. The van der Waals surface area contributed by atoms with Gasteiger partial charge >= 0.3 is 5.97 Å². The SMILES string of the molecule is CC/C(=C\C(=O)O)c1cc(OC)c(OC)cc1Br. The topological polar surface area (TPSA) is 55.8 Å². The first kappa shape index (κ1) is 14.6. The Balaban J connectivity index is 3.36. The molecule has 0 atom stereocenters. The summed E-state index contributed by atoms with van der Waals surface area (Å²) in [5.74, 6) is 0.202. The molecule has 0 heterocycles.